The number of benzene rings is 1. The van der Waals surface area contributed by atoms with Crippen LogP contribution in [0.5, 0.6) is 5.75 Å². The van der Waals surface area contributed by atoms with Gasteiger partial charge < -0.3 is 10.1 Å². The Labute approximate surface area is 137 Å². The Morgan fingerprint density at radius 3 is 2.30 bits per heavy atom. The third-order valence-electron chi connectivity index (χ3n) is 4.06. The van der Waals surface area contributed by atoms with Gasteiger partial charge in [-0.1, -0.05) is 0 Å². The van der Waals surface area contributed by atoms with Crippen molar-refractivity contribution < 1.29 is 22.9 Å². The Hall–Kier alpha value is -1.18. The van der Waals surface area contributed by atoms with E-state index in [-0.39, 0.29) is 27.8 Å². The molecule has 1 heterocycles. The number of rotatable bonds is 4. The lowest BCUT2D eigenvalue weighted by molar-refractivity contribution is -0.787. The molecule has 5 nitrogen and oxygen atoms in total. The van der Waals surface area contributed by atoms with Gasteiger partial charge in [0.25, 0.3) is 0 Å². The molecule has 130 valence electrons. The molecule has 1 aliphatic rings. The summed E-state index contributed by atoms with van der Waals surface area (Å²) in [7, 11) is -2.45. The van der Waals surface area contributed by atoms with Gasteiger partial charge in [0.1, 0.15) is 16.5 Å². The zero-order valence-electron chi connectivity index (χ0n) is 14.3. The van der Waals surface area contributed by atoms with Crippen molar-refractivity contribution in [1.29, 1.82) is 0 Å². The van der Waals surface area contributed by atoms with Crippen LogP contribution in [0.15, 0.2) is 23.1 Å². The van der Waals surface area contributed by atoms with Crippen LogP contribution in [-0.2, 0) is 10.0 Å². The highest BCUT2D eigenvalue weighted by Gasteiger charge is 2.43. The molecule has 0 saturated carbocycles. The fourth-order valence-electron chi connectivity index (χ4n) is 3.75. The van der Waals surface area contributed by atoms with Crippen molar-refractivity contribution in [2.45, 2.75) is 62.6 Å². The van der Waals surface area contributed by atoms with Gasteiger partial charge in [-0.2, -0.15) is 0 Å². The summed E-state index contributed by atoms with van der Waals surface area (Å²) in [5.74, 6) is -0.520. The minimum Gasteiger partial charge on any atom is -0.495 e. The fraction of sp³-hybridized carbons (Fsp3) is 0.625. The van der Waals surface area contributed by atoms with Crippen molar-refractivity contribution in [2.75, 3.05) is 7.11 Å². The Morgan fingerprint density at radius 1 is 1.22 bits per heavy atom. The van der Waals surface area contributed by atoms with Crippen molar-refractivity contribution in [3.63, 3.8) is 0 Å². The number of hydrogen-bond donors (Lipinski definition) is 2. The summed E-state index contributed by atoms with van der Waals surface area (Å²) in [6, 6.07) is 3.27. The maximum absolute atomic E-state index is 13.3. The van der Waals surface area contributed by atoms with E-state index in [1.165, 1.54) is 13.2 Å². The fourth-order valence-corrected chi connectivity index (χ4v) is 5.13. The summed E-state index contributed by atoms with van der Waals surface area (Å²) in [6.07, 6.45) is 1.44. The van der Waals surface area contributed by atoms with E-state index in [9.17, 15) is 12.8 Å². The molecule has 0 atom stereocenters. The van der Waals surface area contributed by atoms with Crippen LogP contribution in [-0.4, -0.2) is 32.6 Å². The molecular formula is C16H26FN2O3S+. The number of nitrogens with two attached hydrogens (primary N) is 1. The molecular weight excluding hydrogens is 319 g/mol. The van der Waals surface area contributed by atoms with Crippen LogP contribution in [0.3, 0.4) is 0 Å². The van der Waals surface area contributed by atoms with Gasteiger partial charge in [0.05, 0.1) is 18.2 Å². The van der Waals surface area contributed by atoms with Crippen LogP contribution in [0.1, 0.15) is 40.5 Å². The summed E-state index contributed by atoms with van der Waals surface area (Å²) >= 11 is 0. The second-order valence-electron chi connectivity index (χ2n) is 7.64. The lowest BCUT2D eigenvalue weighted by Crippen LogP contribution is -3.06. The lowest BCUT2D eigenvalue weighted by atomic mass is 9.80. The lowest BCUT2D eigenvalue weighted by Gasteiger charge is -2.43. The number of methoxy groups -OCH3 is 1. The summed E-state index contributed by atoms with van der Waals surface area (Å²) in [5, 5.41) is 2.28. The van der Waals surface area contributed by atoms with Crippen LogP contribution < -0.4 is 14.8 Å². The van der Waals surface area contributed by atoms with Crippen molar-refractivity contribution >= 4 is 10.0 Å². The molecule has 1 aromatic rings. The van der Waals surface area contributed by atoms with E-state index >= 15 is 0 Å². The Balaban J connectivity index is 2.28. The maximum atomic E-state index is 13.3. The largest absolute Gasteiger partial charge is 0.495 e. The van der Waals surface area contributed by atoms with Gasteiger partial charge in [-0.15, -0.1) is 0 Å². The average Bonchev–Trinajstić information content (AvgIpc) is 2.33. The second kappa shape index (κ2) is 6.03. The highest BCUT2D eigenvalue weighted by atomic mass is 32.2. The highest BCUT2D eigenvalue weighted by molar-refractivity contribution is 7.89. The summed E-state index contributed by atoms with van der Waals surface area (Å²) in [5.41, 5.74) is -0.108. The summed E-state index contributed by atoms with van der Waals surface area (Å²) < 4.78 is 46.4. The van der Waals surface area contributed by atoms with E-state index in [0.29, 0.717) is 0 Å². The van der Waals surface area contributed by atoms with Gasteiger partial charge in [0, 0.05) is 24.9 Å². The molecule has 1 aromatic carbocycles. The van der Waals surface area contributed by atoms with E-state index in [1.807, 2.05) is 0 Å². The maximum Gasteiger partial charge on any atom is 0.244 e. The molecule has 1 saturated heterocycles. The normalized spacial score (nSPS) is 21.1. The number of nitrogens with one attached hydrogen (secondary N) is 1. The van der Waals surface area contributed by atoms with Crippen molar-refractivity contribution in [3.8, 4) is 5.75 Å². The number of hydrogen-bond acceptors (Lipinski definition) is 3. The van der Waals surface area contributed by atoms with Crippen molar-refractivity contribution in [2.24, 2.45) is 0 Å². The molecule has 0 spiro atoms. The summed E-state index contributed by atoms with van der Waals surface area (Å²) in [6.45, 7) is 8.42. The first-order valence-electron chi connectivity index (χ1n) is 7.67. The molecule has 0 radical (unpaired) electrons. The zero-order chi connectivity index (χ0) is 17.5. The Morgan fingerprint density at radius 2 is 1.78 bits per heavy atom. The van der Waals surface area contributed by atoms with Gasteiger partial charge in [-0.25, -0.2) is 17.5 Å². The topological polar surface area (TPSA) is 72.0 Å². The molecule has 0 aromatic heterocycles. The van der Waals surface area contributed by atoms with Crippen LogP contribution in [0, 0.1) is 5.82 Å². The number of quaternary nitrogens is 1. The van der Waals surface area contributed by atoms with Gasteiger partial charge in [0.2, 0.25) is 10.0 Å². The van der Waals surface area contributed by atoms with Crippen LogP contribution in [0.2, 0.25) is 0 Å². The zero-order valence-corrected chi connectivity index (χ0v) is 15.1. The predicted octanol–water partition coefficient (Wildman–Crippen LogP) is 1.40. The Kier molecular flexibility index (Phi) is 4.76. The minimum absolute atomic E-state index is 0.0124. The summed E-state index contributed by atoms with van der Waals surface area (Å²) in [4.78, 5) is -0.0356. The highest BCUT2D eigenvalue weighted by Crippen LogP contribution is 2.27. The average molecular weight is 345 g/mol. The minimum atomic E-state index is -3.78. The second-order valence-corrected chi connectivity index (χ2v) is 9.33. The quantitative estimate of drug-likeness (QED) is 0.866. The standard InChI is InChI=1S/C16H25FN2O3S/c1-15(2)9-12(10-16(3,4)19-15)18-23(20,21)14-7-6-11(17)8-13(14)22-5/h6-8,12,18-19H,9-10H2,1-5H3/p+1. The number of sulfonamides is 1. The molecule has 0 amide bonds. The van der Waals surface area contributed by atoms with E-state index in [0.717, 1.165) is 25.0 Å². The number of ether oxygens (including phenoxy) is 1. The van der Waals surface area contributed by atoms with Crippen LogP contribution >= 0.6 is 0 Å². The molecule has 23 heavy (non-hydrogen) atoms. The molecule has 0 aliphatic carbocycles. The smallest absolute Gasteiger partial charge is 0.244 e. The number of halogens is 1. The molecule has 3 N–H and O–H groups in total. The van der Waals surface area contributed by atoms with E-state index in [1.54, 1.807) is 0 Å². The third-order valence-corrected chi connectivity index (χ3v) is 5.62. The van der Waals surface area contributed by atoms with E-state index in [4.69, 9.17) is 4.74 Å². The molecule has 7 heteroatoms. The first kappa shape index (κ1) is 18.2. The predicted molar refractivity (Wildman–Crippen MR) is 86.4 cm³/mol. The molecule has 0 unspecified atom stereocenters. The monoisotopic (exact) mass is 345 g/mol. The molecule has 2 rings (SSSR count). The van der Waals surface area contributed by atoms with Gasteiger partial charge >= 0.3 is 0 Å². The van der Waals surface area contributed by atoms with E-state index in [2.05, 4.69) is 37.7 Å². The SMILES string of the molecule is COc1cc(F)ccc1S(=O)(=O)NC1CC(C)(C)[NH2+]C(C)(C)C1. The van der Waals surface area contributed by atoms with Crippen molar-refractivity contribution in [1.82, 2.24) is 4.72 Å². The Bertz CT molecular complexity index is 671. The van der Waals surface area contributed by atoms with Gasteiger partial charge in [0.15, 0.2) is 0 Å². The first-order chi connectivity index (χ1) is 10.4. The molecule has 1 fully saturated rings. The number of piperidine rings is 1. The van der Waals surface area contributed by atoms with E-state index < -0.39 is 15.8 Å². The van der Waals surface area contributed by atoms with Gasteiger partial charge in [-0.05, 0) is 39.8 Å². The van der Waals surface area contributed by atoms with Crippen LogP contribution in [0.25, 0.3) is 0 Å². The molecule has 0 bridgehead atoms. The van der Waals surface area contributed by atoms with Crippen LogP contribution in [0.4, 0.5) is 4.39 Å². The first-order valence-corrected chi connectivity index (χ1v) is 9.15. The molecule has 1 aliphatic heterocycles. The van der Waals surface area contributed by atoms with Crippen molar-refractivity contribution in [3.05, 3.63) is 24.0 Å². The van der Waals surface area contributed by atoms with Gasteiger partial charge in [-0.3, -0.25) is 0 Å². The third kappa shape index (κ3) is 4.43.